The number of rotatable bonds is 8. The van der Waals surface area contributed by atoms with E-state index in [0.29, 0.717) is 11.8 Å². The van der Waals surface area contributed by atoms with Crippen molar-refractivity contribution in [3.63, 3.8) is 0 Å². The summed E-state index contributed by atoms with van der Waals surface area (Å²) in [5.74, 6) is 2.17. The van der Waals surface area contributed by atoms with Crippen LogP contribution in [0.4, 0.5) is 0 Å². The molecule has 0 aromatic heterocycles. The van der Waals surface area contributed by atoms with Crippen molar-refractivity contribution in [3.05, 3.63) is 30.3 Å². The molecule has 0 saturated heterocycles. The Labute approximate surface area is 114 Å². The van der Waals surface area contributed by atoms with Crippen molar-refractivity contribution >= 4 is 23.2 Å². The Bertz CT molecular complexity index is 288. The highest BCUT2D eigenvalue weighted by Gasteiger charge is 2.25. The number of halogens is 2. The van der Waals surface area contributed by atoms with Crippen LogP contribution in [-0.4, -0.2) is 18.4 Å². The minimum absolute atomic E-state index is 0.0726. The van der Waals surface area contributed by atoms with Gasteiger partial charge in [0.25, 0.3) is 0 Å². The van der Waals surface area contributed by atoms with Crippen molar-refractivity contribution in [3.8, 4) is 5.75 Å². The zero-order valence-electron chi connectivity index (χ0n) is 10.3. The second kappa shape index (κ2) is 7.84. The Morgan fingerprint density at radius 3 is 2.29 bits per heavy atom. The van der Waals surface area contributed by atoms with E-state index >= 15 is 0 Å². The summed E-state index contributed by atoms with van der Waals surface area (Å²) in [5.41, 5.74) is 0.0726. The predicted octanol–water partition coefficient (Wildman–Crippen LogP) is 4.72. The molecule has 0 bridgehead atoms. The molecule has 0 atom stereocenters. The lowest BCUT2D eigenvalue weighted by atomic mass is 9.85. The molecule has 1 aromatic carbocycles. The van der Waals surface area contributed by atoms with Gasteiger partial charge >= 0.3 is 0 Å². The number of hydrogen-bond acceptors (Lipinski definition) is 1. The average molecular weight is 275 g/mol. The molecule has 17 heavy (non-hydrogen) atoms. The first-order valence-corrected chi connectivity index (χ1v) is 7.13. The first-order valence-electron chi connectivity index (χ1n) is 6.06. The number of ether oxygens (including phenoxy) is 1. The van der Waals surface area contributed by atoms with E-state index in [2.05, 4.69) is 6.92 Å². The van der Waals surface area contributed by atoms with Crippen molar-refractivity contribution in [2.24, 2.45) is 5.41 Å². The van der Waals surface area contributed by atoms with Gasteiger partial charge < -0.3 is 4.74 Å². The smallest absolute Gasteiger partial charge is 0.119 e. The summed E-state index contributed by atoms with van der Waals surface area (Å²) in [7, 11) is 0. The molecule has 96 valence electrons. The van der Waals surface area contributed by atoms with Crippen LogP contribution in [0.5, 0.6) is 5.75 Å². The molecule has 0 N–H and O–H groups in total. The van der Waals surface area contributed by atoms with E-state index in [1.807, 2.05) is 30.3 Å². The topological polar surface area (TPSA) is 9.23 Å². The molecule has 0 aliphatic rings. The highest BCUT2D eigenvalue weighted by atomic mass is 35.5. The summed E-state index contributed by atoms with van der Waals surface area (Å²) in [5, 5.41) is 0. The van der Waals surface area contributed by atoms with E-state index in [1.54, 1.807) is 0 Å². The Morgan fingerprint density at radius 1 is 1.12 bits per heavy atom. The molecule has 0 fully saturated rings. The van der Waals surface area contributed by atoms with Gasteiger partial charge in [-0.15, -0.1) is 23.2 Å². The minimum Gasteiger partial charge on any atom is -0.494 e. The van der Waals surface area contributed by atoms with E-state index < -0.39 is 0 Å². The van der Waals surface area contributed by atoms with E-state index in [0.717, 1.165) is 31.6 Å². The molecule has 0 saturated carbocycles. The molecule has 0 heterocycles. The summed E-state index contributed by atoms with van der Waals surface area (Å²) < 4.78 is 5.65. The van der Waals surface area contributed by atoms with Gasteiger partial charge in [0.05, 0.1) is 6.61 Å². The van der Waals surface area contributed by atoms with E-state index in [1.165, 1.54) is 0 Å². The van der Waals surface area contributed by atoms with Gasteiger partial charge in [0.15, 0.2) is 0 Å². The minimum atomic E-state index is 0.0726. The molecule has 0 amide bonds. The van der Waals surface area contributed by atoms with Gasteiger partial charge in [0, 0.05) is 11.8 Å². The van der Waals surface area contributed by atoms with Gasteiger partial charge in [-0.3, -0.25) is 0 Å². The van der Waals surface area contributed by atoms with Gasteiger partial charge in [-0.05, 0) is 36.8 Å². The zero-order chi connectivity index (χ0) is 12.6. The van der Waals surface area contributed by atoms with Crippen LogP contribution in [0, 0.1) is 5.41 Å². The molecule has 1 aromatic rings. The third kappa shape index (κ3) is 4.77. The van der Waals surface area contributed by atoms with Crippen LogP contribution < -0.4 is 4.74 Å². The third-order valence-corrected chi connectivity index (χ3v) is 4.31. The van der Waals surface area contributed by atoms with E-state index in [9.17, 15) is 0 Å². The Balaban J connectivity index is 2.28. The summed E-state index contributed by atoms with van der Waals surface area (Å²) >= 11 is 12.0. The maximum absolute atomic E-state index is 6.00. The fraction of sp³-hybridized carbons (Fsp3) is 0.571. The van der Waals surface area contributed by atoms with Crippen LogP contribution in [0.25, 0.3) is 0 Å². The summed E-state index contributed by atoms with van der Waals surface area (Å²) in [6.07, 6.45) is 3.02. The molecule has 0 aliphatic carbocycles. The van der Waals surface area contributed by atoms with Crippen molar-refractivity contribution in [2.45, 2.75) is 26.2 Å². The molecular weight excluding hydrogens is 255 g/mol. The molecule has 0 aliphatic heterocycles. The predicted molar refractivity (Wildman–Crippen MR) is 75.3 cm³/mol. The lowest BCUT2D eigenvalue weighted by molar-refractivity contribution is 0.256. The Morgan fingerprint density at radius 2 is 1.76 bits per heavy atom. The number of para-hydroxylation sites is 1. The Hall–Kier alpha value is -0.400. The lowest BCUT2D eigenvalue weighted by Crippen LogP contribution is -2.24. The number of benzene rings is 1. The summed E-state index contributed by atoms with van der Waals surface area (Å²) in [6.45, 7) is 2.86. The SMILES string of the molecule is CCC(CCl)(CCl)CCCOc1ccccc1. The average Bonchev–Trinajstić information content (AvgIpc) is 2.41. The van der Waals surface area contributed by atoms with Crippen LogP contribution >= 0.6 is 23.2 Å². The van der Waals surface area contributed by atoms with E-state index in [4.69, 9.17) is 27.9 Å². The highest BCUT2D eigenvalue weighted by molar-refractivity contribution is 6.21. The van der Waals surface area contributed by atoms with Gasteiger partial charge in [-0.2, -0.15) is 0 Å². The van der Waals surface area contributed by atoms with Crippen LogP contribution in [0.2, 0.25) is 0 Å². The van der Waals surface area contributed by atoms with Crippen molar-refractivity contribution in [1.29, 1.82) is 0 Å². The Kier molecular flexibility index (Phi) is 6.76. The molecule has 0 unspecified atom stereocenters. The van der Waals surface area contributed by atoms with Gasteiger partial charge in [0.1, 0.15) is 5.75 Å². The first kappa shape index (κ1) is 14.7. The quantitative estimate of drug-likeness (QED) is 0.492. The molecule has 3 heteroatoms. The van der Waals surface area contributed by atoms with Crippen molar-refractivity contribution < 1.29 is 4.74 Å². The largest absolute Gasteiger partial charge is 0.494 e. The van der Waals surface area contributed by atoms with Crippen LogP contribution in [-0.2, 0) is 0 Å². The maximum Gasteiger partial charge on any atom is 0.119 e. The standard InChI is InChI=1S/C14H20Cl2O/c1-2-14(11-15,12-16)9-6-10-17-13-7-4-3-5-8-13/h3-5,7-8H,2,6,9-12H2,1H3. The van der Waals surface area contributed by atoms with Crippen molar-refractivity contribution in [2.75, 3.05) is 18.4 Å². The third-order valence-electron chi connectivity index (χ3n) is 3.18. The van der Waals surface area contributed by atoms with Crippen LogP contribution in [0.15, 0.2) is 30.3 Å². The van der Waals surface area contributed by atoms with Gasteiger partial charge in [-0.25, -0.2) is 0 Å². The second-order valence-electron chi connectivity index (χ2n) is 4.39. The summed E-state index contributed by atoms with van der Waals surface area (Å²) in [4.78, 5) is 0. The fourth-order valence-corrected chi connectivity index (χ4v) is 2.62. The first-order chi connectivity index (χ1) is 8.26. The normalized spacial score (nSPS) is 11.5. The van der Waals surface area contributed by atoms with Crippen molar-refractivity contribution in [1.82, 2.24) is 0 Å². The van der Waals surface area contributed by atoms with Gasteiger partial charge in [-0.1, -0.05) is 25.1 Å². The molecule has 0 spiro atoms. The molecule has 0 radical (unpaired) electrons. The van der Waals surface area contributed by atoms with Gasteiger partial charge in [0.2, 0.25) is 0 Å². The molecule has 1 nitrogen and oxygen atoms in total. The molecule has 1 rings (SSSR count). The highest BCUT2D eigenvalue weighted by Crippen LogP contribution is 2.31. The maximum atomic E-state index is 6.00. The second-order valence-corrected chi connectivity index (χ2v) is 4.92. The van der Waals surface area contributed by atoms with E-state index in [-0.39, 0.29) is 5.41 Å². The lowest BCUT2D eigenvalue weighted by Gasteiger charge is -2.27. The number of hydrogen-bond donors (Lipinski definition) is 0. The monoisotopic (exact) mass is 274 g/mol. The zero-order valence-corrected chi connectivity index (χ0v) is 11.8. The molecular formula is C14H20Cl2O. The number of alkyl halides is 2. The van der Waals surface area contributed by atoms with Crippen LogP contribution in [0.1, 0.15) is 26.2 Å². The fourth-order valence-electron chi connectivity index (χ4n) is 1.69. The summed E-state index contributed by atoms with van der Waals surface area (Å²) in [6, 6.07) is 9.87. The van der Waals surface area contributed by atoms with Crippen LogP contribution in [0.3, 0.4) is 0 Å².